The molecule has 6 heteroatoms. The number of ether oxygens (including phenoxy) is 1. The van der Waals surface area contributed by atoms with Gasteiger partial charge in [-0.1, -0.05) is 10.6 Å². The highest BCUT2D eigenvalue weighted by Crippen LogP contribution is 2.28. The fourth-order valence-corrected chi connectivity index (χ4v) is 2.84. The summed E-state index contributed by atoms with van der Waals surface area (Å²) >= 11 is 3.10. The van der Waals surface area contributed by atoms with Gasteiger partial charge in [0.2, 0.25) is 0 Å². The summed E-state index contributed by atoms with van der Waals surface area (Å²) in [7, 11) is 3.56. The van der Waals surface area contributed by atoms with E-state index < -0.39 is 0 Å². The lowest BCUT2D eigenvalue weighted by Crippen LogP contribution is -1.90. The van der Waals surface area contributed by atoms with Gasteiger partial charge < -0.3 is 10.1 Å². The molecule has 17 heavy (non-hydrogen) atoms. The maximum absolute atomic E-state index is 5.19. The second-order valence-electron chi connectivity index (χ2n) is 3.27. The summed E-state index contributed by atoms with van der Waals surface area (Å²) in [5.74, 6) is 1.68. The zero-order valence-corrected chi connectivity index (χ0v) is 11.3. The summed E-state index contributed by atoms with van der Waals surface area (Å²) in [5, 5.41) is 8.22. The maximum atomic E-state index is 5.19. The summed E-state index contributed by atoms with van der Waals surface area (Å²) in [6, 6.07) is 8.00. The molecule has 1 N–H and O–H groups in total. The van der Waals surface area contributed by atoms with Crippen molar-refractivity contribution in [2.75, 3.05) is 19.5 Å². The Kier molecular flexibility index (Phi) is 4.22. The number of nitrogens with zero attached hydrogens (tertiary/aromatic N) is 2. The second-order valence-corrected chi connectivity index (χ2v) is 5.07. The average Bonchev–Trinajstić information content (AvgIpc) is 2.84. The Balaban J connectivity index is 2.02. The van der Waals surface area contributed by atoms with Gasteiger partial charge in [0.25, 0.3) is 0 Å². The fourth-order valence-electron chi connectivity index (χ4n) is 1.34. The van der Waals surface area contributed by atoms with E-state index in [1.165, 1.54) is 16.4 Å². The molecular weight excluding hydrogens is 254 g/mol. The predicted molar refractivity (Wildman–Crippen MR) is 72.0 cm³/mol. The lowest BCUT2D eigenvalue weighted by Gasteiger charge is -2.03. The molecule has 4 nitrogen and oxygen atoms in total. The van der Waals surface area contributed by atoms with E-state index in [4.69, 9.17) is 4.74 Å². The first-order valence-corrected chi connectivity index (χ1v) is 6.85. The van der Waals surface area contributed by atoms with E-state index in [0.29, 0.717) is 0 Å². The third-order valence-corrected chi connectivity index (χ3v) is 3.99. The molecule has 1 aromatic carbocycles. The minimum atomic E-state index is 0.805. The molecule has 1 heterocycles. The Labute approximate surface area is 109 Å². The Morgan fingerprint density at radius 3 is 3.12 bits per heavy atom. The minimum Gasteiger partial charge on any atom is -0.497 e. The van der Waals surface area contributed by atoms with Gasteiger partial charge in [-0.05, 0) is 18.2 Å². The van der Waals surface area contributed by atoms with Crippen molar-refractivity contribution >= 4 is 28.3 Å². The van der Waals surface area contributed by atoms with Crippen molar-refractivity contribution in [1.82, 2.24) is 9.59 Å². The molecule has 2 aromatic rings. The normalized spacial score (nSPS) is 10.2. The molecule has 1 aromatic heterocycles. The lowest BCUT2D eigenvalue weighted by molar-refractivity contribution is 0.413. The van der Waals surface area contributed by atoms with Gasteiger partial charge in [0.05, 0.1) is 7.11 Å². The predicted octanol–water partition coefficient (Wildman–Crippen LogP) is 2.88. The summed E-state index contributed by atoms with van der Waals surface area (Å²) in [4.78, 5) is 1.17. The van der Waals surface area contributed by atoms with Crippen molar-refractivity contribution < 1.29 is 4.74 Å². The Hall–Kier alpha value is -1.27. The van der Waals surface area contributed by atoms with Crippen molar-refractivity contribution in [2.45, 2.75) is 10.6 Å². The Bertz CT molecular complexity index is 487. The topological polar surface area (TPSA) is 47.0 Å². The highest BCUT2D eigenvalue weighted by Gasteiger charge is 2.06. The number of hydrogen-bond donors (Lipinski definition) is 1. The first kappa shape index (κ1) is 12.2. The molecule has 2 rings (SSSR count). The van der Waals surface area contributed by atoms with Crippen LogP contribution in [0, 0.1) is 0 Å². The van der Waals surface area contributed by atoms with E-state index in [-0.39, 0.29) is 0 Å². The van der Waals surface area contributed by atoms with Crippen LogP contribution in [0.4, 0.5) is 5.00 Å². The molecule has 0 saturated carbocycles. The first-order valence-electron chi connectivity index (χ1n) is 5.09. The molecule has 0 atom stereocenters. The number of methoxy groups -OCH3 is 1. The van der Waals surface area contributed by atoms with E-state index >= 15 is 0 Å². The van der Waals surface area contributed by atoms with Crippen molar-refractivity contribution in [2.24, 2.45) is 0 Å². The van der Waals surface area contributed by atoms with Crippen LogP contribution in [0.5, 0.6) is 5.75 Å². The molecular formula is C11H13N3OS2. The molecule has 0 spiro atoms. The Morgan fingerprint density at radius 2 is 2.35 bits per heavy atom. The zero-order valence-electron chi connectivity index (χ0n) is 9.64. The van der Waals surface area contributed by atoms with Gasteiger partial charge in [-0.15, -0.1) is 16.9 Å². The summed E-state index contributed by atoms with van der Waals surface area (Å²) in [6.07, 6.45) is 0. The van der Waals surface area contributed by atoms with Gasteiger partial charge in [0, 0.05) is 29.2 Å². The molecule has 0 fully saturated rings. The van der Waals surface area contributed by atoms with Gasteiger partial charge in [-0.2, -0.15) is 0 Å². The number of benzene rings is 1. The fraction of sp³-hybridized carbons (Fsp3) is 0.273. The lowest BCUT2D eigenvalue weighted by atomic mass is 10.3. The molecule has 0 saturated heterocycles. The van der Waals surface area contributed by atoms with Crippen LogP contribution in [-0.4, -0.2) is 23.7 Å². The quantitative estimate of drug-likeness (QED) is 0.844. The minimum absolute atomic E-state index is 0.805. The van der Waals surface area contributed by atoms with Crippen LogP contribution in [-0.2, 0) is 5.75 Å². The van der Waals surface area contributed by atoms with Crippen LogP contribution in [0.25, 0.3) is 0 Å². The highest BCUT2D eigenvalue weighted by molar-refractivity contribution is 7.98. The molecule has 0 aliphatic carbocycles. The smallest absolute Gasteiger partial charge is 0.133 e. The molecule has 0 unspecified atom stereocenters. The van der Waals surface area contributed by atoms with Crippen LogP contribution in [0.1, 0.15) is 5.69 Å². The van der Waals surface area contributed by atoms with E-state index in [9.17, 15) is 0 Å². The van der Waals surface area contributed by atoms with Crippen LogP contribution in [0.15, 0.2) is 29.2 Å². The molecule has 0 amide bonds. The van der Waals surface area contributed by atoms with E-state index in [2.05, 4.69) is 21.0 Å². The number of aromatic nitrogens is 2. The van der Waals surface area contributed by atoms with E-state index in [1.807, 2.05) is 25.2 Å². The number of anilines is 1. The largest absolute Gasteiger partial charge is 0.497 e. The van der Waals surface area contributed by atoms with Crippen molar-refractivity contribution in [3.63, 3.8) is 0 Å². The summed E-state index contributed by atoms with van der Waals surface area (Å²) in [5.41, 5.74) is 0.991. The van der Waals surface area contributed by atoms with Gasteiger partial charge in [0.15, 0.2) is 0 Å². The third-order valence-electron chi connectivity index (χ3n) is 2.20. The third kappa shape index (κ3) is 3.10. The standard InChI is InChI=1S/C11H13N3OS2/c1-12-11-10(13-14-17-11)7-16-9-5-3-4-8(6-9)15-2/h3-6,12H,7H2,1-2H3. The number of hydrogen-bond acceptors (Lipinski definition) is 6. The monoisotopic (exact) mass is 267 g/mol. The van der Waals surface area contributed by atoms with Gasteiger partial charge >= 0.3 is 0 Å². The Morgan fingerprint density at radius 1 is 1.47 bits per heavy atom. The SMILES string of the molecule is CNc1snnc1CSc1cccc(OC)c1. The summed E-state index contributed by atoms with van der Waals surface area (Å²) < 4.78 is 9.12. The van der Waals surface area contributed by atoms with Crippen LogP contribution >= 0.6 is 23.3 Å². The maximum Gasteiger partial charge on any atom is 0.133 e. The van der Waals surface area contributed by atoms with Crippen molar-refractivity contribution in [1.29, 1.82) is 0 Å². The van der Waals surface area contributed by atoms with Crippen molar-refractivity contribution in [3.05, 3.63) is 30.0 Å². The highest BCUT2D eigenvalue weighted by atomic mass is 32.2. The number of nitrogens with one attached hydrogen (secondary N) is 1. The van der Waals surface area contributed by atoms with Gasteiger partial charge in [-0.25, -0.2) is 0 Å². The van der Waals surface area contributed by atoms with Crippen LogP contribution < -0.4 is 10.1 Å². The summed E-state index contributed by atoms with van der Waals surface area (Å²) in [6.45, 7) is 0. The molecule has 90 valence electrons. The molecule has 0 bridgehead atoms. The number of rotatable bonds is 5. The zero-order chi connectivity index (χ0) is 12.1. The molecule has 0 aliphatic rings. The molecule has 0 aliphatic heterocycles. The van der Waals surface area contributed by atoms with Crippen molar-refractivity contribution in [3.8, 4) is 5.75 Å². The van der Waals surface area contributed by atoms with Crippen LogP contribution in [0.3, 0.4) is 0 Å². The van der Waals surface area contributed by atoms with E-state index in [0.717, 1.165) is 22.2 Å². The van der Waals surface area contributed by atoms with Gasteiger partial charge in [0.1, 0.15) is 16.4 Å². The van der Waals surface area contributed by atoms with E-state index in [1.54, 1.807) is 18.9 Å². The second kappa shape index (κ2) is 5.88. The molecule has 0 radical (unpaired) electrons. The average molecular weight is 267 g/mol. The number of thioether (sulfide) groups is 1. The van der Waals surface area contributed by atoms with Gasteiger partial charge in [-0.3, -0.25) is 0 Å². The first-order chi connectivity index (χ1) is 8.33. The van der Waals surface area contributed by atoms with Crippen LogP contribution in [0.2, 0.25) is 0 Å².